The molecule has 0 spiro atoms. The monoisotopic (exact) mass is 251 g/mol. The molecule has 1 rings (SSSR count). The van der Waals surface area contributed by atoms with E-state index in [0.717, 1.165) is 25.0 Å². The van der Waals surface area contributed by atoms with Crippen LogP contribution in [0.4, 0.5) is 4.79 Å². The van der Waals surface area contributed by atoms with Crippen molar-refractivity contribution in [2.45, 2.75) is 39.7 Å². The van der Waals surface area contributed by atoms with E-state index in [4.69, 9.17) is 4.74 Å². The first-order chi connectivity index (χ1) is 8.69. The summed E-state index contributed by atoms with van der Waals surface area (Å²) in [7, 11) is 0. The topological polar surface area (TPSA) is 29.5 Å². The van der Waals surface area contributed by atoms with E-state index >= 15 is 0 Å². The fourth-order valence-electron chi connectivity index (χ4n) is 1.76. The van der Waals surface area contributed by atoms with Crippen LogP contribution in [0.25, 0.3) is 0 Å². The number of hydrogen-bond acceptors (Lipinski definition) is 2. The molecule has 0 aliphatic carbocycles. The van der Waals surface area contributed by atoms with E-state index in [9.17, 15) is 4.79 Å². The molecular formula is C15H25NO2. The minimum atomic E-state index is -0.234. The number of allylic oxidation sites excluding steroid dienone is 2. The van der Waals surface area contributed by atoms with Crippen LogP contribution < -0.4 is 0 Å². The summed E-state index contributed by atoms with van der Waals surface area (Å²) in [6, 6.07) is 0.295. The number of rotatable bonds is 4. The Labute approximate surface area is 111 Å². The molecule has 1 saturated heterocycles. The van der Waals surface area contributed by atoms with Gasteiger partial charge in [0.15, 0.2) is 0 Å². The van der Waals surface area contributed by atoms with Crippen molar-refractivity contribution in [2.75, 3.05) is 13.2 Å². The van der Waals surface area contributed by atoms with Gasteiger partial charge in [-0.3, -0.25) is 0 Å². The fraction of sp³-hybridized carbons (Fsp3) is 0.533. The van der Waals surface area contributed by atoms with E-state index in [2.05, 4.69) is 13.2 Å². The third kappa shape index (κ3) is 5.21. The van der Waals surface area contributed by atoms with E-state index in [1.807, 2.05) is 20.8 Å². The van der Waals surface area contributed by atoms with E-state index < -0.39 is 0 Å². The third-order valence-corrected chi connectivity index (χ3v) is 2.74. The summed E-state index contributed by atoms with van der Waals surface area (Å²) in [5, 5.41) is 0. The maximum absolute atomic E-state index is 11.7. The van der Waals surface area contributed by atoms with Gasteiger partial charge < -0.3 is 9.64 Å². The van der Waals surface area contributed by atoms with Crippen LogP contribution in [0.15, 0.2) is 37.0 Å². The molecule has 0 aromatic carbocycles. The molecule has 0 aromatic rings. The first-order valence-electron chi connectivity index (χ1n) is 6.56. The minimum absolute atomic E-state index is 0.234. The lowest BCUT2D eigenvalue weighted by Crippen LogP contribution is -2.34. The average molecular weight is 251 g/mol. The number of nitrogens with zero attached hydrogens (tertiary/aromatic N) is 1. The van der Waals surface area contributed by atoms with Crippen LogP contribution in [0.5, 0.6) is 0 Å². The summed E-state index contributed by atoms with van der Waals surface area (Å²) in [5.41, 5.74) is 0.857. The number of likely N-dealkylation sites (tertiary alicyclic amines) is 1. The Morgan fingerprint density at radius 2 is 2.11 bits per heavy atom. The van der Waals surface area contributed by atoms with Crippen LogP contribution in [-0.4, -0.2) is 30.2 Å². The van der Waals surface area contributed by atoms with Crippen molar-refractivity contribution in [1.82, 2.24) is 4.90 Å². The van der Waals surface area contributed by atoms with Crippen molar-refractivity contribution in [3.05, 3.63) is 37.0 Å². The third-order valence-electron chi connectivity index (χ3n) is 2.74. The van der Waals surface area contributed by atoms with Crippen molar-refractivity contribution in [2.24, 2.45) is 0 Å². The fourth-order valence-corrected chi connectivity index (χ4v) is 1.76. The molecule has 0 aromatic heterocycles. The molecule has 1 amide bonds. The molecule has 0 unspecified atom stereocenters. The second kappa shape index (κ2) is 9.51. The second-order valence-electron chi connectivity index (χ2n) is 3.92. The largest absolute Gasteiger partial charge is 0.445 e. The molecule has 1 aliphatic heterocycles. The SMILES string of the molecule is C=C/C=C(\C=C)COC(=O)N1CCC[C@H]1C.CC. The standard InChI is InChI=1S/C13H19NO2.C2H6/c1-4-7-12(5-2)10-16-13(15)14-9-6-8-11(14)3;1-2/h4-5,7,11H,1-2,6,8-10H2,3H3;1-2H3/b12-7+;/t11-;/m1./s1. The van der Waals surface area contributed by atoms with Crippen molar-refractivity contribution < 1.29 is 9.53 Å². The van der Waals surface area contributed by atoms with Gasteiger partial charge in [-0.25, -0.2) is 4.79 Å². The zero-order valence-electron chi connectivity index (χ0n) is 11.8. The number of carbonyl (C=O) groups excluding carboxylic acids is 1. The Hall–Kier alpha value is -1.51. The highest BCUT2D eigenvalue weighted by molar-refractivity contribution is 5.68. The lowest BCUT2D eigenvalue weighted by Gasteiger charge is -2.20. The van der Waals surface area contributed by atoms with Gasteiger partial charge in [-0.1, -0.05) is 45.2 Å². The van der Waals surface area contributed by atoms with Crippen LogP contribution in [0.2, 0.25) is 0 Å². The van der Waals surface area contributed by atoms with Crippen molar-refractivity contribution >= 4 is 6.09 Å². The minimum Gasteiger partial charge on any atom is -0.445 e. The van der Waals surface area contributed by atoms with Gasteiger partial charge in [0.2, 0.25) is 0 Å². The molecule has 3 heteroatoms. The molecule has 1 fully saturated rings. The van der Waals surface area contributed by atoms with Crippen LogP contribution in [0.1, 0.15) is 33.6 Å². The van der Waals surface area contributed by atoms with Crippen LogP contribution in [0.3, 0.4) is 0 Å². The van der Waals surface area contributed by atoms with E-state index in [1.54, 1.807) is 23.1 Å². The van der Waals surface area contributed by atoms with Gasteiger partial charge in [-0.2, -0.15) is 0 Å². The van der Waals surface area contributed by atoms with Gasteiger partial charge in [0.05, 0.1) is 0 Å². The summed E-state index contributed by atoms with van der Waals surface area (Å²) in [6.45, 7) is 14.3. The molecule has 1 atom stereocenters. The Kier molecular flexibility index (Phi) is 8.71. The molecule has 3 nitrogen and oxygen atoms in total. The normalized spacial score (nSPS) is 18.7. The summed E-state index contributed by atoms with van der Waals surface area (Å²) >= 11 is 0. The van der Waals surface area contributed by atoms with Crippen LogP contribution in [0, 0.1) is 0 Å². The average Bonchev–Trinajstić information content (AvgIpc) is 2.83. The van der Waals surface area contributed by atoms with Crippen molar-refractivity contribution in [3.63, 3.8) is 0 Å². The Bertz CT molecular complexity index is 308. The molecule has 0 radical (unpaired) electrons. The first kappa shape index (κ1) is 16.5. The highest BCUT2D eigenvalue weighted by Crippen LogP contribution is 2.17. The number of carbonyl (C=O) groups is 1. The molecular weight excluding hydrogens is 226 g/mol. The molecule has 1 heterocycles. The predicted octanol–water partition coefficient (Wildman–Crippen LogP) is 3.93. The van der Waals surface area contributed by atoms with Gasteiger partial charge in [-0.05, 0) is 25.3 Å². The van der Waals surface area contributed by atoms with Crippen molar-refractivity contribution in [3.8, 4) is 0 Å². The molecule has 102 valence electrons. The molecule has 0 saturated carbocycles. The number of ether oxygens (including phenoxy) is 1. The van der Waals surface area contributed by atoms with E-state index in [0.29, 0.717) is 6.04 Å². The van der Waals surface area contributed by atoms with Gasteiger partial charge in [0.25, 0.3) is 0 Å². The van der Waals surface area contributed by atoms with Gasteiger partial charge in [0.1, 0.15) is 6.61 Å². The van der Waals surface area contributed by atoms with E-state index in [-0.39, 0.29) is 12.7 Å². The Balaban J connectivity index is 0.00000137. The summed E-state index contributed by atoms with van der Waals surface area (Å²) < 4.78 is 5.20. The summed E-state index contributed by atoms with van der Waals surface area (Å²) in [6.07, 6.45) is 7.00. The lowest BCUT2D eigenvalue weighted by molar-refractivity contribution is 0.109. The maximum Gasteiger partial charge on any atom is 0.410 e. The zero-order chi connectivity index (χ0) is 14.0. The highest BCUT2D eigenvalue weighted by Gasteiger charge is 2.26. The smallest absolute Gasteiger partial charge is 0.410 e. The molecule has 0 bridgehead atoms. The summed E-state index contributed by atoms with van der Waals surface area (Å²) in [5.74, 6) is 0. The molecule has 0 N–H and O–H groups in total. The Morgan fingerprint density at radius 3 is 2.56 bits per heavy atom. The van der Waals surface area contributed by atoms with E-state index in [1.165, 1.54) is 0 Å². The number of hydrogen-bond donors (Lipinski definition) is 0. The Morgan fingerprint density at radius 1 is 1.44 bits per heavy atom. The molecule has 18 heavy (non-hydrogen) atoms. The van der Waals surface area contributed by atoms with Gasteiger partial charge in [0, 0.05) is 12.6 Å². The predicted molar refractivity (Wildman–Crippen MR) is 76.6 cm³/mol. The van der Waals surface area contributed by atoms with Crippen molar-refractivity contribution in [1.29, 1.82) is 0 Å². The number of amides is 1. The van der Waals surface area contributed by atoms with Crippen LogP contribution in [-0.2, 0) is 4.74 Å². The highest BCUT2D eigenvalue weighted by atomic mass is 16.6. The quantitative estimate of drug-likeness (QED) is 0.708. The summed E-state index contributed by atoms with van der Waals surface area (Å²) in [4.78, 5) is 13.5. The lowest BCUT2D eigenvalue weighted by atomic mass is 10.2. The van der Waals surface area contributed by atoms with Gasteiger partial charge >= 0.3 is 6.09 Å². The maximum atomic E-state index is 11.7. The molecule has 1 aliphatic rings. The van der Waals surface area contributed by atoms with Gasteiger partial charge in [-0.15, -0.1) is 0 Å². The second-order valence-corrected chi connectivity index (χ2v) is 3.92. The first-order valence-corrected chi connectivity index (χ1v) is 6.56. The zero-order valence-corrected chi connectivity index (χ0v) is 11.8. The van der Waals surface area contributed by atoms with Crippen LogP contribution >= 0.6 is 0 Å².